The highest BCUT2D eigenvalue weighted by atomic mass is 35.5. The van der Waals surface area contributed by atoms with E-state index in [0.29, 0.717) is 6.54 Å². The summed E-state index contributed by atoms with van der Waals surface area (Å²) in [4.78, 5) is 0.882. The molecule has 0 saturated heterocycles. The molecule has 0 unspecified atom stereocenters. The van der Waals surface area contributed by atoms with Gasteiger partial charge in [0.05, 0.1) is 15.7 Å². The summed E-state index contributed by atoms with van der Waals surface area (Å²) in [6, 6.07) is 5.57. The van der Waals surface area contributed by atoms with Crippen LogP contribution in [-0.2, 0) is 16.6 Å². The highest BCUT2D eigenvalue weighted by Gasteiger charge is 2.18. The molecule has 9 heteroatoms. The molecule has 0 atom stereocenters. The fourth-order valence-corrected chi connectivity index (χ4v) is 4.49. The van der Waals surface area contributed by atoms with Crippen LogP contribution >= 0.6 is 34.5 Å². The van der Waals surface area contributed by atoms with Gasteiger partial charge in [-0.25, -0.2) is 12.8 Å². The summed E-state index contributed by atoms with van der Waals surface area (Å²) < 4.78 is 40.2. The molecule has 0 radical (unpaired) electrons. The molecule has 0 fully saturated rings. The molecule has 2 rings (SSSR count). The van der Waals surface area contributed by atoms with E-state index in [-0.39, 0.29) is 19.9 Å². The van der Waals surface area contributed by atoms with Gasteiger partial charge in [0, 0.05) is 11.4 Å². The van der Waals surface area contributed by atoms with E-state index in [4.69, 9.17) is 23.2 Å². The van der Waals surface area contributed by atoms with E-state index < -0.39 is 15.8 Å². The highest BCUT2D eigenvalue weighted by molar-refractivity contribution is 7.94. The number of hydrogen-bond donors (Lipinski definition) is 2. The topological polar surface area (TPSA) is 58.2 Å². The van der Waals surface area contributed by atoms with Crippen molar-refractivity contribution >= 4 is 50.2 Å². The Hall–Kier alpha value is -0.860. The zero-order valence-electron chi connectivity index (χ0n) is 10.8. The van der Waals surface area contributed by atoms with Crippen LogP contribution in [0.3, 0.4) is 0 Å². The number of sulfonamides is 1. The molecule has 0 saturated carbocycles. The first-order valence-electron chi connectivity index (χ1n) is 5.74. The van der Waals surface area contributed by atoms with Crippen molar-refractivity contribution in [2.75, 3.05) is 11.8 Å². The number of hydrogen-bond acceptors (Lipinski definition) is 4. The molecule has 1 aromatic carbocycles. The van der Waals surface area contributed by atoms with Gasteiger partial charge >= 0.3 is 0 Å². The molecule has 0 spiro atoms. The second-order valence-corrected chi connectivity index (χ2v) is 8.00. The Bertz CT molecular complexity index is 739. The van der Waals surface area contributed by atoms with E-state index in [1.165, 1.54) is 18.2 Å². The molecule has 4 nitrogen and oxygen atoms in total. The molecule has 0 bridgehead atoms. The van der Waals surface area contributed by atoms with Gasteiger partial charge in [0.2, 0.25) is 0 Å². The molecule has 0 aliphatic heterocycles. The summed E-state index contributed by atoms with van der Waals surface area (Å²) >= 11 is 12.4. The Morgan fingerprint density at radius 3 is 2.43 bits per heavy atom. The van der Waals surface area contributed by atoms with Gasteiger partial charge in [0.15, 0.2) is 5.82 Å². The minimum absolute atomic E-state index is 0.106. The fraction of sp³-hybridized carbons (Fsp3) is 0.167. The van der Waals surface area contributed by atoms with Crippen LogP contribution < -0.4 is 10.0 Å². The van der Waals surface area contributed by atoms with E-state index in [1.807, 2.05) is 0 Å². The van der Waals surface area contributed by atoms with E-state index in [9.17, 15) is 12.8 Å². The average molecular weight is 369 g/mol. The first-order chi connectivity index (χ1) is 9.83. The van der Waals surface area contributed by atoms with Crippen LogP contribution in [0.5, 0.6) is 0 Å². The molecule has 1 heterocycles. The molecular weight excluding hydrogens is 358 g/mol. The van der Waals surface area contributed by atoms with Gasteiger partial charge in [-0.05, 0) is 31.3 Å². The highest BCUT2D eigenvalue weighted by Crippen LogP contribution is 2.30. The third-order valence-corrected chi connectivity index (χ3v) is 6.00. The average Bonchev–Trinajstić information content (AvgIpc) is 2.85. The molecule has 0 amide bonds. The number of thiophene rings is 1. The standard InChI is InChI=1S/C12H11Cl2FN2O2S2/c1-16-6-8-2-3-11(20-8)21(18,19)17-7-4-9(13)12(15)10(14)5-7/h2-5,16-17H,6H2,1H3. The minimum Gasteiger partial charge on any atom is -0.315 e. The number of anilines is 1. The molecule has 21 heavy (non-hydrogen) atoms. The van der Waals surface area contributed by atoms with Crippen molar-refractivity contribution in [3.8, 4) is 0 Å². The van der Waals surface area contributed by atoms with Gasteiger partial charge < -0.3 is 5.32 Å². The zero-order valence-corrected chi connectivity index (χ0v) is 13.9. The van der Waals surface area contributed by atoms with Crippen molar-refractivity contribution in [2.45, 2.75) is 10.8 Å². The number of nitrogens with one attached hydrogen (secondary N) is 2. The van der Waals surface area contributed by atoms with Gasteiger partial charge in [0.1, 0.15) is 4.21 Å². The third kappa shape index (κ3) is 3.87. The predicted molar refractivity (Wildman–Crippen MR) is 84.3 cm³/mol. The van der Waals surface area contributed by atoms with Crippen LogP contribution in [0.1, 0.15) is 4.88 Å². The quantitative estimate of drug-likeness (QED) is 0.790. The summed E-state index contributed by atoms with van der Waals surface area (Å²) in [5.74, 6) is -0.784. The second kappa shape index (κ2) is 6.50. The van der Waals surface area contributed by atoms with Gasteiger partial charge in [-0.15, -0.1) is 11.3 Å². The first kappa shape index (κ1) is 16.5. The van der Waals surface area contributed by atoms with Crippen molar-refractivity contribution < 1.29 is 12.8 Å². The Morgan fingerprint density at radius 1 is 1.24 bits per heavy atom. The fourth-order valence-electron chi connectivity index (χ4n) is 1.59. The SMILES string of the molecule is CNCc1ccc(S(=O)(=O)Nc2cc(Cl)c(F)c(Cl)c2)s1. The van der Waals surface area contributed by atoms with E-state index in [1.54, 1.807) is 13.1 Å². The van der Waals surface area contributed by atoms with Crippen molar-refractivity contribution in [1.82, 2.24) is 5.32 Å². The molecule has 2 aromatic rings. The molecule has 2 N–H and O–H groups in total. The summed E-state index contributed by atoms with van der Waals surface area (Å²) in [5.41, 5.74) is 0.106. The number of benzene rings is 1. The van der Waals surface area contributed by atoms with Crippen LogP contribution in [0.25, 0.3) is 0 Å². The van der Waals surface area contributed by atoms with Crippen molar-refractivity contribution in [2.24, 2.45) is 0 Å². The lowest BCUT2D eigenvalue weighted by molar-refractivity contribution is 0.603. The lowest BCUT2D eigenvalue weighted by Crippen LogP contribution is -2.11. The summed E-state index contributed by atoms with van der Waals surface area (Å²) in [5, 5.41) is 2.44. The molecule has 0 aliphatic rings. The Kier molecular flexibility index (Phi) is 5.11. The van der Waals surface area contributed by atoms with Crippen LogP contribution in [-0.4, -0.2) is 15.5 Å². The monoisotopic (exact) mass is 368 g/mol. The van der Waals surface area contributed by atoms with Crippen LogP contribution in [0.2, 0.25) is 10.0 Å². The van der Waals surface area contributed by atoms with Gasteiger partial charge in [-0.3, -0.25) is 4.72 Å². The summed E-state index contributed by atoms with van der Waals surface area (Å²) in [7, 11) is -1.98. The van der Waals surface area contributed by atoms with E-state index in [0.717, 1.165) is 16.2 Å². The second-order valence-electron chi connectivity index (χ2n) is 4.11. The molecular formula is C12H11Cl2FN2O2S2. The van der Waals surface area contributed by atoms with Gasteiger partial charge in [-0.1, -0.05) is 23.2 Å². The largest absolute Gasteiger partial charge is 0.315 e. The lowest BCUT2D eigenvalue weighted by Gasteiger charge is -2.08. The van der Waals surface area contributed by atoms with Crippen LogP contribution in [0.15, 0.2) is 28.5 Å². The summed E-state index contributed by atoms with van der Waals surface area (Å²) in [6.45, 7) is 0.578. The Morgan fingerprint density at radius 2 is 1.86 bits per heavy atom. The normalized spacial score (nSPS) is 11.6. The van der Waals surface area contributed by atoms with Gasteiger partial charge in [0.25, 0.3) is 10.0 Å². The molecule has 114 valence electrons. The number of halogens is 3. The van der Waals surface area contributed by atoms with Crippen LogP contribution in [0.4, 0.5) is 10.1 Å². The van der Waals surface area contributed by atoms with E-state index >= 15 is 0 Å². The van der Waals surface area contributed by atoms with Crippen molar-refractivity contribution in [3.63, 3.8) is 0 Å². The van der Waals surface area contributed by atoms with E-state index in [2.05, 4.69) is 10.0 Å². The van der Waals surface area contributed by atoms with Gasteiger partial charge in [-0.2, -0.15) is 0 Å². The Balaban J connectivity index is 2.28. The zero-order chi connectivity index (χ0) is 15.6. The number of rotatable bonds is 5. The third-order valence-electron chi connectivity index (χ3n) is 2.49. The minimum atomic E-state index is -3.76. The smallest absolute Gasteiger partial charge is 0.271 e. The summed E-state index contributed by atoms with van der Waals surface area (Å²) in [6.07, 6.45) is 0. The predicted octanol–water partition coefficient (Wildman–Crippen LogP) is 3.71. The van der Waals surface area contributed by atoms with Crippen LogP contribution in [0, 0.1) is 5.82 Å². The van der Waals surface area contributed by atoms with Crippen molar-refractivity contribution in [3.05, 3.63) is 45.0 Å². The Labute approximate surface area is 135 Å². The maximum Gasteiger partial charge on any atom is 0.271 e. The lowest BCUT2D eigenvalue weighted by atomic mass is 10.3. The molecule has 0 aliphatic carbocycles. The maximum atomic E-state index is 13.3. The van der Waals surface area contributed by atoms with Crippen molar-refractivity contribution in [1.29, 1.82) is 0 Å². The first-order valence-corrected chi connectivity index (χ1v) is 8.79. The maximum absolute atomic E-state index is 13.3. The molecule has 1 aromatic heterocycles.